The molecule has 0 radical (unpaired) electrons. The van der Waals surface area contributed by atoms with Crippen molar-refractivity contribution in [3.8, 4) is 0 Å². The van der Waals surface area contributed by atoms with Crippen molar-refractivity contribution < 1.29 is 14.4 Å². The summed E-state index contributed by atoms with van der Waals surface area (Å²) < 4.78 is 0. The number of allylic oxidation sites excluding steroid dienone is 4. The van der Waals surface area contributed by atoms with Gasteiger partial charge in [0.2, 0.25) is 0 Å². The van der Waals surface area contributed by atoms with Crippen molar-refractivity contribution in [2.75, 3.05) is 0 Å². The minimum Gasteiger partial charge on any atom is -0.318 e. The van der Waals surface area contributed by atoms with Gasteiger partial charge in [0.15, 0.2) is 5.78 Å². The SMILES string of the molecule is CC(=O)O/N=C1/C=CC(=O)C(C)=C1. The first-order valence-corrected chi connectivity index (χ1v) is 3.76. The Hall–Kier alpha value is -1.71. The lowest BCUT2D eigenvalue weighted by atomic mass is 10.1. The molecule has 1 rings (SSSR count). The summed E-state index contributed by atoms with van der Waals surface area (Å²) in [7, 11) is 0. The van der Waals surface area contributed by atoms with E-state index >= 15 is 0 Å². The minimum atomic E-state index is -0.483. The fourth-order valence-electron chi connectivity index (χ4n) is 0.807. The van der Waals surface area contributed by atoms with Crippen molar-refractivity contribution in [2.24, 2.45) is 5.16 Å². The second kappa shape index (κ2) is 3.80. The van der Waals surface area contributed by atoms with Crippen LogP contribution in [0.4, 0.5) is 0 Å². The Bertz CT molecular complexity index is 337. The van der Waals surface area contributed by atoms with Crippen LogP contribution in [-0.4, -0.2) is 17.5 Å². The van der Waals surface area contributed by atoms with Crippen LogP contribution in [-0.2, 0) is 14.4 Å². The molecular weight excluding hydrogens is 170 g/mol. The van der Waals surface area contributed by atoms with Crippen LogP contribution in [0.15, 0.2) is 29.0 Å². The summed E-state index contributed by atoms with van der Waals surface area (Å²) in [5.41, 5.74) is 1.04. The van der Waals surface area contributed by atoms with Crippen molar-refractivity contribution in [3.05, 3.63) is 23.8 Å². The number of oxime groups is 1. The van der Waals surface area contributed by atoms with Gasteiger partial charge in [0, 0.05) is 6.92 Å². The molecule has 0 aliphatic heterocycles. The summed E-state index contributed by atoms with van der Waals surface area (Å²) in [6.45, 7) is 2.94. The van der Waals surface area contributed by atoms with E-state index in [0.29, 0.717) is 11.3 Å². The molecule has 0 N–H and O–H groups in total. The van der Waals surface area contributed by atoms with Gasteiger partial charge >= 0.3 is 5.97 Å². The van der Waals surface area contributed by atoms with E-state index in [2.05, 4.69) is 9.99 Å². The van der Waals surface area contributed by atoms with Gasteiger partial charge < -0.3 is 4.84 Å². The highest BCUT2D eigenvalue weighted by Crippen LogP contribution is 2.04. The Morgan fingerprint density at radius 3 is 2.69 bits per heavy atom. The summed E-state index contributed by atoms with van der Waals surface area (Å²) in [4.78, 5) is 25.8. The summed E-state index contributed by atoms with van der Waals surface area (Å²) in [6, 6.07) is 0. The number of nitrogens with zero attached hydrogens (tertiary/aromatic N) is 1. The van der Waals surface area contributed by atoms with E-state index in [9.17, 15) is 9.59 Å². The van der Waals surface area contributed by atoms with Crippen LogP contribution in [0.5, 0.6) is 0 Å². The molecular formula is C9H9NO3. The van der Waals surface area contributed by atoms with Gasteiger partial charge in [-0.1, -0.05) is 5.16 Å². The van der Waals surface area contributed by atoms with Gasteiger partial charge in [-0.25, -0.2) is 4.79 Å². The maximum atomic E-state index is 11.0. The lowest BCUT2D eigenvalue weighted by Crippen LogP contribution is -2.06. The first-order chi connectivity index (χ1) is 6.09. The molecule has 0 heterocycles. The van der Waals surface area contributed by atoms with Gasteiger partial charge in [0.05, 0.1) is 0 Å². The normalized spacial score (nSPS) is 18.8. The number of ketones is 1. The first-order valence-electron chi connectivity index (χ1n) is 3.76. The highest BCUT2D eigenvalue weighted by atomic mass is 16.7. The van der Waals surface area contributed by atoms with Crippen molar-refractivity contribution in [2.45, 2.75) is 13.8 Å². The predicted molar refractivity (Wildman–Crippen MR) is 47.1 cm³/mol. The topological polar surface area (TPSA) is 55.7 Å². The quantitative estimate of drug-likeness (QED) is 0.342. The fourth-order valence-corrected chi connectivity index (χ4v) is 0.807. The Labute approximate surface area is 75.6 Å². The van der Waals surface area contributed by atoms with Gasteiger partial charge in [-0.15, -0.1) is 0 Å². The smallest absolute Gasteiger partial charge is 0.318 e. The minimum absolute atomic E-state index is 0.0539. The average Bonchev–Trinajstić information content (AvgIpc) is 2.07. The summed E-state index contributed by atoms with van der Waals surface area (Å²) in [6.07, 6.45) is 4.45. The molecule has 0 amide bonds. The zero-order chi connectivity index (χ0) is 9.84. The molecule has 0 aromatic heterocycles. The summed E-state index contributed by atoms with van der Waals surface area (Å²) in [5.74, 6) is -0.536. The number of hydrogen-bond donors (Lipinski definition) is 0. The van der Waals surface area contributed by atoms with Gasteiger partial charge in [-0.3, -0.25) is 4.79 Å². The highest BCUT2D eigenvalue weighted by molar-refractivity contribution is 6.18. The third kappa shape index (κ3) is 2.66. The van der Waals surface area contributed by atoms with E-state index in [4.69, 9.17) is 0 Å². The van der Waals surface area contributed by atoms with Gasteiger partial charge in [-0.05, 0) is 30.7 Å². The molecule has 13 heavy (non-hydrogen) atoms. The Kier molecular flexibility index (Phi) is 2.74. The van der Waals surface area contributed by atoms with E-state index < -0.39 is 5.97 Å². The van der Waals surface area contributed by atoms with Crippen LogP contribution in [0.1, 0.15) is 13.8 Å². The maximum absolute atomic E-state index is 11.0. The number of carbonyl (C=O) groups excluding carboxylic acids is 2. The molecule has 0 bridgehead atoms. The third-order valence-electron chi connectivity index (χ3n) is 1.44. The van der Waals surface area contributed by atoms with E-state index in [1.807, 2.05) is 0 Å². The van der Waals surface area contributed by atoms with E-state index in [1.165, 1.54) is 19.1 Å². The van der Waals surface area contributed by atoms with Gasteiger partial charge in [0.1, 0.15) is 5.71 Å². The molecule has 0 aromatic carbocycles. The van der Waals surface area contributed by atoms with Crippen LogP contribution >= 0.6 is 0 Å². The van der Waals surface area contributed by atoms with Gasteiger partial charge in [-0.2, -0.15) is 0 Å². The van der Waals surface area contributed by atoms with Gasteiger partial charge in [0.25, 0.3) is 0 Å². The molecule has 1 aliphatic rings. The maximum Gasteiger partial charge on any atom is 0.331 e. The molecule has 68 valence electrons. The third-order valence-corrected chi connectivity index (χ3v) is 1.44. The first kappa shape index (κ1) is 9.38. The largest absolute Gasteiger partial charge is 0.331 e. The second-order valence-corrected chi connectivity index (χ2v) is 2.62. The monoisotopic (exact) mass is 179 g/mol. The van der Waals surface area contributed by atoms with Crippen molar-refractivity contribution in [1.82, 2.24) is 0 Å². The molecule has 0 aromatic rings. The fraction of sp³-hybridized carbons (Fsp3) is 0.222. The predicted octanol–water partition coefficient (Wildman–Crippen LogP) is 0.991. The van der Waals surface area contributed by atoms with E-state index in [0.717, 1.165) is 0 Å². The Balaban J connectivity index is 2.74. The molecule has 0 unspecified atom stereocenters. The second-order valence-electron chi connectivity index (χ2n) is 2.62. The summed E-state index contributed by atoms with van der Waals surface area (Å²) in [5, 5.41) is 3.52. The highest BCUT2D eigenvalue weighted by Gasteiger charge is 2.07. The zero-order valence-electron chi connectivity index (χ0n) is 7.40. The Morgan fingerprint density at radius 2 is 2.15 bits per heavy atom. The Morgan fingerprint density at radius 1 is 1.46 bits per heavy atom. The number of hydrogen-bond acceptors (Lipinski definition) is 4. The molecule has 4 nitrogen and oxygen atoms in total. The van der Waals surface area contributed by atoms with Crippen molar-refractivity contribution in [3.63, 3.8) is 0 Å². The number of rotatable bonds is 1. The number of carbonyl (C=O) groups is 2. The molecule has 0 atom stereocenters. The van der Waals surface area contributed by atoms with E-state index in [-0.39, 0.29) is 5.78 Å². The molecule has 0 saturated carbocycles. The van der Waals surface area contributed by atoms with Crippen LogP contribution in [0.2, 0.25) is 0 Å². The summed E-state index contributed by atoms with van der Waals surface area (Å²) >= 11 is 0. The molecule has 0 fully saturated rings. The lowest BCUT2D eigenvalue weighted by Gasteiger charge is -2.01. The van der Waals surface area contributed by atoms with Crippen LogP contribution in [0, 0.1) is 0 Å². The van der Waals surface area contributed by atoms with Crippen LogP contribution in [0.25, 0.3) is 0 Å². The average molecular weight is 179 g/mol. The molecule has 0 spiro atoms. The van der Waals surface area contributed by atoms with E-state index in [1.54, 1.807) is 13.0 Å². The molecule has 0 saturated heterocycles. The van der Waals surface area contributed by atoms with Crippen LogP contribution < -0.4 is 0 Å². The zero-order valence-corrected chi connectivity index (χ0v) is 7.40. The lowest BCUT2D eigenvalue weighted by molar-refractivity contribution is -0.140. The van der Waals surface area contributed by atoms with Crippen molar-refractivity contribution >= 4 is 17.5 Å². The van der Waals surface area contributed by atoms with Crippen LogP contribution in [0.3, 0.4) is 0 Å². The van der Waals surface area contributed by atoms with Crippen molar-refractivity contribution in [1.29, 1.82) is 0 Å². The molecule has 4 heteroatoms. The standard InChI is InChI=1S/C9H9NO3/c1-6-5-8(3-4-9(6)12)10-13-7(2)11/h3-5H,1-2H3/b10-8-. The molecule has 1 aliphatic carbocycles.